The molecule has 0 spiro atoms. The topological polar surface area (TPSA) is 114 Å². The summed E-state index contributed by atoms with van der Waals surface area (Å²) in [7, 11) is -1.84. The highest BCUT2D eigenvalue weighted by Gasteiger charge is 2.17. The van der Waals surface area contributed by atoms with E-state index < -0.39 is 15.8 Å². The minimum atomic E-state index is -3.37. The van der Waals surface area contributed by atoms with Gasteiger partial charge in [0.05, 0.1) is 11.4 Å². The molecule has 1 N–H and O–H groups in total. The van der Waals surface area contributed by atoms with Crippen LogP contribution in [0.1, 0.15) is 21.9 Å². The summed E-state index contributed by atoms with van der Waals surface area (Å²) in [6, 6.07) is 7.24. The molecule has 1 aromatic heterocycles. The number of hydrogen-bond acceptors (Lipinski definition) is 6. The number of carboxylic acid groups (broad SMARTS) is 1. The van der Waals surface area contributed by atoms with E-state index >= 15 is 0 Å². The van der Waals surface area contributed by atoms with Crippen molar-refractivity contribution in [3.8, 4) is 5.75 Å². The summed E-state index contributed by atoms with van der Waals surface area (Å²) in [5, 5.41) is 9.01. The first-order chi connectivity index (χ1) is 12.1. The Labute approximate surface area is 150 Å². The number of likely N-dealkylation sites (N-methyl/N-ethyl adjacent to an activating group) is 1. The van der Waals surface area contributed by atoms with Crippen molar-refractivity contribution >= 4 is 21.7 Å². The number of carbonyl (C=O) groups excluding carboxylic acids is 1. The van der Waals surface area contributed by atoms with Crippen molar-refractivity contribution in [2.45, 2.75) is 18.4 Å². The highest BCUT2D eigenvalue weighted by atomic mass is 32.2. The van der Waals surface area contributed by atoms with Gasteiger partial charge in [0.2, 0.25) is 0 Å². The molecule has 0 saturated heterocycles. The summed E-state index contributed by atoms with van der Waals surface area (Å²) in [4.78, 5) is 24.6. The number of rotatable bonds is 7. The molecule has 0 bridgehead atoms. The Kier molecular flexibility index (Phi) is 5.71. The van der Waals surface area contributed by atoms with Gasteiger partial charge in [-0.3, -0.25) is 4.79 Å². The van der Waals surface area contributed by atoms with Crippen LogP contribution in [0.5, 0.6) is 5.75 Å². The van der Waals surface area contributed by atoms with E-state index in [1.54, 1.807) is 6.07 Å². The monoisotopic (exact) mass is 381 g/mol. The number of amides is 1. The number of furan rings is 1. The standard InChI is InChI=1S/C17H19NO7S/c1-11-15(17(20)21)8-13(25-11)9-18(2)16(19)10-24-12-5-4-6-14(7-12)26(3,22)23/h4-8H,9-10H2,1-3H3,(H,20,21). The number of nitrogens with zero attached hydrogens (tertiary/aromatic N) is 1. The first kappa shape index (κ1) is 19.5. The zero-order valence-electron chi connectivity index (χ0n) is 14.6. The van der Waals surface area contributed by atoms with Gasteiger partial charge in [0, 0.05) is 13.3 Å². The van der Waals surface area contributed by atoms with Gasteiger partial charge in [0.1, 0.15) is 22.8 Å². The molecule has 1 heterocycles. The van der Waals surface area contributed by atoms with Gasteiger partial charge in [-0.15, -0.1) is 0 Å². The van der Waals surface area contributed by atoms with E-state index in [1.807, 2.05) is 0 Å². The molecular formula is C17H19NO7S. The average Bonchev–Trinajstić information content (AvgIpc) is 2.92. The van der Waals surface area contributed by atoms with E-state index in [4.69, 9.17) is 14.3 Å². The van der Waals surface area contributed by atoms with Crippen LogP contribution in [0, 0.1) is 6.92 Å². The Bertz CT molecular complexity index is 930. The third-order valence-electron chi connectivity index (χ3n) is 3.61. The molecule has 0 aliphatic rings. The van der Waals surface area contributed by atoms with Gasteiger partial charge >= 0.3 is 5.97 Å². The summed E-state index contributed by atoms with van der Waals surface area (Å²) < 4.78 is 33.7. The van der Waals surface area contributed by atoms with Crippen molar-refractivity contribution in [3.63, 3.8) is 0 Å². The molecule has 0 atom stereocenters. The predicted octanol–water partition coefficient (Wildman–Crippen LogP) is 1.73. The fourth-order valence-corrected chi connectivity index (χ4v) is 2.86. The van der Waals surface area contributed by atoms with Crippen LogP contribution in [-0.2, 0) is 21.2 Å². The molecule has 8 nitrogen and oxygen atoms in total. The molecule has 2 rings (SSSR count). The number of carbonyl (C=O) groups is 2. The highest BCUT2D eigenvalue weighted by molar-refractivity contribution is 7.90. The van der Waals surface area contributed by atoms with E-state index in [1.165, 1.54) is 43.1 Å². The number of aromatic carboxylic acids is 1. The lowest BCUT2D eigenvalue weighted by atomic mass is 10.2. The van der Waals surface area contributed by atoms with Crippen molar-refractivity contribution < 1.29 is 32.3 Å². The van der Waals surface area contributed by atoms with Crippen LogP contribution in [0.2, 0.25) is 0 Å². The summed E-state index contributed by atoms with van der Waals surface area (Å²) >= 11 is 0. The van der Waals surface area contributed by atoms with Gasteiger partial charge in [0.15, 0.2) is 16.4 Å². The number of carboxylic acids is 1. The Morgan fingerprint density at radius 3 is 2.54 bits per heavy atom. The predicted molar refractivity (Wildman–Crippen MR) is 91.9 cm³/mol. The van der Waals surface area contributed by atoms with Crippen LogP contribution in [0.4, 0.5) is 0 Å². The SMILES string of the molecule is Cc1oc(CN(C)C(=O)COc2cccc(S(C)(=O)=O)c2)cc1C(=O)O. The zero-order chi connectivity index (χ0) is 19.5. The Morgan fingerprint density at radius 1 is 1.27 bits per heavy atom. The van der Waals surface area contributed by atoms with Crippen molar-refractivity contribution in [2.24, 2.45) is 0 Å². The lowest BCUT2D eigenvalue weighted by molar-refractivity contribution is -0.132. The molecule has 0 aliphatic carbocycles. The molecular weight excluding hydrogens is 362 g/mol. The molecule has 0 radical (unpaired) electrons. The fraction of sp³-hybridized carbons (Fsp3) is 0.294. The number of hydrogen-bond donors (Lipinski definition) is 1. The van der Waals surface area contributed by atoms with E-state index in [0.29, 0.717) is 5.76 Å². The lowest BCUT2D eigenvalue weighted by Gasteiger charge is -2.16. The second kappa shape index (κ2) is 7.61. The zero-order valence-corrected chi connectivity index (χ0v) is 15.4. The van der Waals surface area contributed by atoms with Crippen molar-refractivity contribution in [3.05, 3.63) is 47.4 Å². The van der Waals surface area contributed by atoms with Crippen LogP contribution < -0.4 is 4.74 Å². The summed E-state index contributed by atoms with van der Waals surface area (Å²) in [5.41, 5.74) is 0.0506. The molecule has 0 unspecified atom stereocenters. The van der Waals surface area contributed by atoms with E-state index in [2.05, 4.69) is 0 Å². The first-order valence-corrected chi connectivity index (χ1v) is 9.46. The van der Waals surface area contributed by atoms with E-state index in [0.717, 1.165) is 6.26 Å². The number of aryl methyl sites for hydroxylation is 1. The van der Waals surface area contributed by atoms with Gasteiger partial charge in [-0.2, -0.15) is 0 Å². The van der Waals surface area contributed by atoms with Crippen molar-refractivity contribution in [2.75, 3.05) is 19.9 Å². The molecule has 1 aromatic carbocycles. The smallest absolute Gasteiger partial charge is 0.339 e. The molecule has 26 heavy (non-hydrogen) atoms. The Hall–Kier alpha value is -2.81. The molecule has 2 aromatic rings. The van der Waals surface area contributed by atoms with Crippen LogP contribution in [0.3, 0.4) is 0 Å². The van der Waals surface area contributed by atoms with E-state index in [-0.39, 0.29) is 41.0 Å². The van der Waals surface area contributed by atoms with Gasteiger partial charge < -0.3 is 19.2 Å². The quantitative estimate of drug-likeness (QED) is 0.777. The summed E-state index contributed by atoms with van der Waals surface area (Å²) in [6.45, 7) is 1.32. The van der Waals surface area contributed by atoms with Gasteiger partial charge in [-0.25, -0.2) is 13.2 Å². The molecule has 9 heteroatoms. The maximum absolute atomic E-state index is 12.2. The molecule has 0 aliphatic heterocycles. The first-order valence-electron chi connectivity index (χ1n) is 7.57. The number of ether oxygens (including phenoxy) is 1. The lowest BCUT2D eigenvalue weighted by Crippen LogP contribution is -2.30. The number of benzene rings is 1. The van der Waals surface area contributed by atoms with Crippen molar-refractivity contribution in [1.29, 1.82) is 0 Å². The molecule has 1 amide bonds. The van der Waals surface area contributed by atoms with Crippen LogP contribution in [-0.4, -0.2) is 50.2 Å². The minimum absolute atomic E-state index is 0.0506. The largest absolute Gasteiger partial charge is 0.484 e. The van der Waals surface area contributed by atoms with Crippen LogP contribution in [0.25, 0.3) is 0 Å². The van der Waals surface area contributed by atoms with Crippen molar-refractivity contribution in [1.82, 2.24) is 4.90 Å². The average molecular weight is 381 g/mol. The third kappa shape index (κ3) is 4.85. The van der Waals surface area contributed by atoms with Crippen LogP contribution >= 0.6 is 0 Å². The third-order valence-corrected chi connectivity index (χ3v) is 4.72. The molecule has 0 saturated carbocycles. The summed E-state index contributed by atoms with van der Waals surface area (Å²) in [6.07, 6.45) is 1.09. The second-order valence-corrected chi connectivity index (χ2v) is 7.79. The summed E-state index contributed by atoms with van der Waals surface area (Å²) in [5.74, 6) is -0.602. The van der Waals surface area contributed by atoms with Gasteiger partial charge in [-0.1, -0.05) is 6.07 Å². The maximum Gasteiger partial charge on any atom is 0.339 e. The van der Waals surface area contributed by atoms with Gasteiger partial charge in [0.25, 0.3) is 5.91 Å². The molecule has 0 fully saturated rings. The van der Waals surface area contributed by atoms with E-state index in [9.17, 15) is 18.0 Å². The maximum atomic E-state index is 12.2. The normalized spacial score (nSPS) is 11.2. The van der Waals surface area contributed by atoms with Gasteiger partial charge in [-0.05, 0) is 31.2 Å². The Balaban J connectivity index is 1.97. The minimum Gasteiger partial charge on any atom is -0.484 e. The number of sulfone groups is 1. The van der Waals surface area contributed by atoms with Crippen LogP contribution in [0.15, 0.2) is 39.6 Å². The Morgan fingerprint density at radius 2 is 1.96 bits per heavy atom. The fourth-order valence-electron chi connectivity index (χ4n) is 2.21. The second-order valence-electron chi connectivity index (χ2n) is 5.77. The highest BCUT2D eigenvalue weighted by Crippen LogP contribution is 2.18. The molecule has 140 valence electrons.